The van der Waals surface area contributed by atoms with Crippen LogP contribution in [-0.2, 0) is 14.2 Å². The van der Waals surface area contributed by atoms with Crippen LogP contribution in [0.1, 0.15) is 28.4 Å². The van der Waals surface area contributed by atoms with Gasteiger partial charge in [-0.2, -0.15) is 0 Å². The van der Waals surface area contributed by atoms with Gasteiger partial charge in [0.15, 0.2) is 37.7 Å². The maximum atomic E-state index is 12.7. The first kappa shape index (κ1) is 20.9. The highest BCUT2D eigenvalue weighted by atomic mass is 16.7. The third kappa shape index (κ3) is 4.97. The van der Waals surface area contributed by atoms with Gasteiger partial charge < -0.3 is 33.2 Å². The summed E-state index contributed by atoms with van der Waals surface area (Å²) in [4.78, 5) is 12.7. The van der Waals surface area contributed by atoms with Crippen molar-refractivity contribution in [1.82, 2.24) is 0 Å². The van der Waals surface area contributed by atoms with Gasteiger partial charge in [-0.3, -0.25) is 4.79 Å². The van der Waals surface area contributed by atoms with E-state index in [0.29, 0.717) is 34.1 Å². The maximum absolute atomic E-state index is 12.7. The first-order valence-electron chi connectivity index (χ1n) is 9.00. The predicted octanol–water partition coefficient (Wildman–Crippen LogP) is 3.34. The summed E-state index contributed by atoms with van der Waals surface area (Å²) in [5.41, 5.74) is 1.19. The molecule has 0 saturated carbocycles. The Balaban J connectivity index is 1.91. The Labute approximate surface area is 169 Å². The third-order valence-electron chi connectivity index (χ3n) is 4.25. The average molecular weight is 404 g/mol. The van der Waals surface area contributed by atoms with E-state index in [0.717, 1.165) is 0 Å². The summed E-state index contributed by atoms with van der Waals surface area (Å²) in [5, 5.41) is 0. The van der Waals surface area contributed by atoms with Gasteiger partial charge in [0.25, 0.3) is 0 Å². The number of para-hydroxylation sites is 1. The summed E-state index contributed by atoms with van der Waals surface area (Å²) in [5.74, 6) is 1.88. The number of methoxy groups -OCH3 is 3. The number of hydrogen-bond acceptors (Lipinski definition) is 8. The molecule has 1 aliphatic heterocycles. The zero-order valence-corrected chi connectivity index (χ0v) is 16.6. The number of carbonyl (C=O) groups is 1. The fraction of sp³-hybridized carbons (Fsp3) is 0.381. The van der Waals surface area contributed by atoms with E-state index >= 15 is 0 Å². The fourth-order valence-corrected chi connectivity index (χ4v) is 2.99. The molecule has 1 unspecified atom stereocenters. The molecule has 2 aromatic rings. The van der Waals surface area contributed by atoms with Crippen molar-refractivity contribution >= 4 is 5.78 Å². The van der Waals surface area contributed by atoms with E-state index in [1.165, 1.54) is 21.3 Å². The van der Waals surface area contributed by atoms with Gasteiger partial charge in [0.1, 0.15) is 17.6 Å². The zero-order chi connectivity index (χ0) is 20.6. The van der Waals surface area contributed by atoms with Crippen LogP contribution in [0.4, 0.5) is 0 Å². The zero-order valence-electron chi connectivity index (χ0n) is 16.6. The molecule has 0 N–H and O–H groups in total. The molecule has 0 fully saturated rings. The highest BCUT2D eigenvalue weighted by molar-refractivity contribution is 6.00. The van der Waals surface area contributed by atoms with E-state index in [2.05, 4.69) is 0 Å². The van der Waals surface area contributed by atoms with Gasteiger partial charge in [0, 0.05) is 33.0 Å². The lowest BCUT2D eigenvalue weighted by Crippen LogP contribution is -2.21. The Hall–Kier alpha value is -2.81. The average Bonchev–Trinajstić information content (AvgIpc) is 2.74. The minimum atomic E-state index is -0.550. The topological polar surface area (TPSA) is 81.7 Å². The minimum Gasteiger partial charge on any atom is -0.484 e. The first-order valence-corrected chi connectivity index (χ1v) is 9.00. The van der Waals surface area contributed by atoms with E-state index < -0.39 is 6.10 Å². The summed E-state index contributed by atoms with van der Waals surface area (Å²) in [6.07, 6.45) is -0.381. The van der Waals surface area contributed by atoms with Crippen molar-refractivity contribution < 1.29 is 38.0 Å². The molecule has 0 spiro atoms. The summed E-state index contributed by atoms with van der Waals surface area (Å²) in [6, 6.07) is 10.5. The lowest BCUT2D eigenvalue weighted by molar-refractivity contribution is 0.0299. The molecule has 156 valence electrons. The van der Waals surface area contributed by atoms with Crippen molar-refractivity contribution in [3.8, 4) is 23.0 Å². The number of Topliss-reactive ketones (excluding diaryl/α,β-unsaturated/α-hetero) is 1. The van der Waals surface area contributed by atoms with Crippen molar-refractivity contribution in [3.05, 3.63) is 47.5 Å². The van der Waals surface area contributed by atoms with E-state index in [-0.39, 0.29) is 32.6 Å². The molecule has 0 saturated heterocycles. The lowest BCUT2D eigenvalue weighted by atomic mass is 9.95. The molecule has 1 heterocycles. The molecule has 8 heteroatoms. The second-order valence-electron chi connectivity index (χ2n) is 6.22. The standard InChI is InChI=1S/C21H24O8/c1-23-11-26-14-7-8-15-17(22)10-20(29-19(15)9-14)16-5-4-6-18(27-12-24-2)21(16)28-13-25-3/h4-9,20H,10-13H2,1-3H3. The van der Waals surface area contributed by atoms with E-state index in [9.17, 15) is 4.79 Å². The number of ether oxygens (including phenoxy) is 7. The number of fused-ring (bicyclic) bond motifs is 1. The fourth-order valence-electron chi connectivity index (χ4n) is 2.99. The molecule has 0 amide bonds. The summed E-state index contributed by atoms with van der Waals surface area (Å²) in [7, 11) is 4.59. The van der Waals surface area contributed by atoms with E-state index in [1.807, 2.05) is 12.1 Å². The van der Waals surface area contributed by atoms with Crippen LogP contribution in [0.25, 0.3) is 0 Å². The largest absolute Gasteiger partial charge is 0.484 e. The van der Waals surface area contributed by atoms with E-state index in [1.54, 1.807) is 24.3 Å². The molecule has 8 nitrogen and oxygen atoms in total. The molecule has 3 rings (SSSR count). The van der Waals surface area contributed by atoms with Crippen molar-refractivity contribution in [1.29, 1.82) is 0 Å². The highest BCUT2D eigenvalue weighted by Crippen LogP contribution is 2.42. The number of benzene rings is 2. The molecule has 2 aromatic carbocycles. The van der Waals surface area contributed by atoms with Crippen molar-refractivity contribution in [2.45, 2.75) is 12.5 Å². The lowest BCUT2D eigenvalue weighted by Gasteiger charge is -2.27. The molecule has 1 atom stereocenters. The van der Waals surface area contributed by atoms with Crippen LogP contribution in [0.5, 0.6) is 23.0 Å². The van der Waals surface area contributed by atoms with Crippen LogP contribution in [0.2, 0.25) is 0 Å². The summed E-state index contributed by atoms with van der Waals surface area (Å²) >= 11 is 0. The Morgan fingerprint density at radius 2 is 1.66 bits per heavy atom. The van der Waals surface area contributed by atoms with Gasteiger partial charge in [-0.1, -0.05) is 12.1 Å². The molecule has 0 aliphatic carbocycles. The third-order valence-corrected chi connectivity index (χ3v) is 4.25. The number of rotatable bonds is 10. The Kier molecular flexibility index (Phi) is 7.29. The van der Waals surface area contributed by atoms with Gasteiger partial charge in [-0.05, 0) is 18.2 Å². The van der Waals surface area contributed by atoms with Gasteiger partial charge >= 0.3 is 0 Å². The smallest absolute Gasteiger partial charge is 0.188 e. The monoisotopic (exact) mass is 404 g/mol. The van der Waals surface area contributed by atoms with Crippen molar-refractivity contribution in [2.75, 3.05) is 41.7 Å². The van der Waals surface area contributed by atoms with Crippen molar-refractivity contribution in [3.63, 3.8) is 0 Å². The summed E-state index contributed by atoms with van der Waals surface area (Å²) < 4.78 is 37.9. The van der Waals surface area contributed by atoms with Crippen LogP contribution < -0.4 is 18.9 Å². The van der Waals surface area contributed by atoms with Crippen LogP contribution in [0.15, 0.2) is 36.4 Å². The second kappa shape index (κ2) is 10.1. The number of hydrogen-bond donors (Lipinski definition) is 0. The molecule has 0 radical (unpaired) electrons. The molecule has 0 bridgehead atoms. The number of carbonyl (C=O) groups excluding carboxylic acids is 1. The van der Waals surface area contributed by atoms with Gasteiger partial charge in [-0.25, -0.2) is 0 Å². The molecular weight excluding hydrogens is 380 g/mol. The first-order chi connectivity index (χ1) is 14.2. The molecule has 0 aromatic heterocycles. The Bertz CT molecular complexity index is 835. The Morgan fingerprint density at radius 3 is 2.41 bits per heavy atom. The minimum absolute atomic E-state index is 0.0205. The molecule has 1 aliphatic rings. The molecule has 29 heavy (non-hydrogen) atoms. The Morgan fingerprint density at radius 1 is 0.931 bits per heavy atom. The van der Waals surface area contributed by atoms with Gasteiger partial charge in [-0.15, -0.1) is 0 Å². The quantitative estimate of drug-likeness (QED) is 0.558. The number of ketones is 1. The molecular formula is C21H24O8. The van der Waals surface area contributed by atoms with Crippen LogP contribution >= 0.6 is 0 Å². The maximum Gasteiger partial charge on any atom is 0.188 e. The predicted molar refractivity (Wildman–Crippen MR) is 103 cm³/mol. The highest BCUT2D eigenvalue weighted by Gasteiger charge is 2.31. The van der Waals surface area contributed by atoms with Gasteiger partial charge in [0.2, 0.25) is 0 Å². The SMILES string of the molecule is COCOc1ccc2c(c1)OC(c1cccc(OCOC)c1OCOC)CC2=O. The normalized spacial score (nSPS) is 15.4. The van der Waals surface area contributed by atoms with Crippen molar-refractivity contribution in [2.24, 2.45) is 0 Å². The van der Waals surface area contributed by atoms with Crippen LogP contribution in [-0.4, -0.2) is 47.5 Å². The summed E-state index contributed by atoms with van der Waals surface area (Å²) in [6.45, 7) is 0.178. The van der Waals surface area contributed by atoms with Gasteiger partial charge in [0.05, 0.1) is 12.0 Å². The van der Waals surface area contributed by atoms with E-state index in [4.69, 9.17) is 33.2 Å². The second-order valence-corrected chi connectivity index (χ2v) is 6.22. The van der Waals surface area contributed by atoms with Crippen LogP contribution in [0, 0.1) is 0 Å². The van der Waals surface area contributed by atoms with Crippen LogP contribution in [0.3, 0.4) is 0 Å².